The van der Waals surface area contributed by atoms with E-state index in [-0.39, 0.29) is 11.8 Å². The van der Waals surface area contributed by atoms with E-state index in [0.29, 0.717) is 0 Å². The van der Waals surface area contributed by atoms with Gasteiger partial charge in [-0.3, -0.25) is 0 Å². The molecule has 110 valence electrons. The molecule has 2 nitrogen and oxygen atoms in total. The second-order valence-electron chi connectivity index (χ2n) is 4.79. The summed E-state index contributed by atoms with van der Waals surface area (Å²) in [5.41, 5.74) is 3.15. The number of fused-ring (bicyclic) bond motifs is 1. The summed E-state index contributed by atoms with van der Waals surface area (Å²) in [6.45, 7) is 0. The SMILES string of the molecule is FC(F)(F)Oc1ccc(C2Cc3cccc(Br)c3N2)cc1. The van der Waals surface area contributed by atoms with E-state index in [9.17, 15) is 13.2 Å². The average Bonchev–Trinajstić information content (AvgIpc) is 2.83. The molecular weight excluding hydrogens is 347 g/mol. The fraction of sp³-hybridized carbons (Fsp3) is 0.200. The van der Waals surface area contributed by atoms with Gasteiger partial charge in [0.25, 0.3) is 0 Å². The van der Waals surface area contributed by atoms with Crippen LogP contribution in [0.5, 0.6) is 5.75 Å². The van der Waals surface area contributed by atoms with Crippen LogP contribution in [-0.2, 0) is 6.42 Å². The normalized spacial score (nSPS) is 17.2. The van der Waals surface area contributed by atoms with Crippen LogP contribution in [0.15, 0.2) is 46.9 Å². The molecule has 0 spiro atoms. The molecule has 3 rings (SSSR count). The summed E-state index contributed by atoms with van der Waals surface area (Å²) in [6, 6.07) is 12.0. The topological polar surface area (TPSA) is 21.3 Å². The van der Waals surface area contributed by atoms with Crippen molar-refractivity contribution < 1.29 is 17.9 Å². The van der Waals surface area contributed by atoms with Crippen LogP contribution in [0.1, 0.15) is 17.2 Å². The van der Waals surface area contributed by atoms with E-state index in [1.165, 1.54) is 17.7 Å². The Morgan fingerprint density at radius 1 is 1.10 bits per heavy atom. The Kier molecular flexibility index (Phi) is 3.57. The second-order valence-corrected chi connectivity index (χ2v) is 5.65. The lowest BCUT2D eigenvalue weighted by molar-refractivity contribution is -0.274. The average molecular weight is 358 g/mol. The molecular formula is C15H11BrF3NO. The van der Waals surface area contributed by atoms with Gasteiger partial charge in [-0.05, 0) is 51.7 Å². The molecule has 1 aliphatic heterocycles. The molecule has 1 N–H and O–H groups in total. The molecule has 2 aromatic rings. The van der Waals surface area contributed by atoms with Gasteiger partial charge in [0.05, 0.1) is 11.7 Å². The van der Waals surface area contributed by atoms with Crippen molar-refractivity contribution in [1.29, 1.82) is 0 Å². The summed E-state index contributed by atoms with van der Waals surface area (Å²) >= 11 is 3.48. The molecule has 1 heterocycles. The van der Waals surface area contributed by atoms with Crippen LogP contribution < -0.4 is 10.1 Å². The molecule has 0 aromatic heterocycles. The fourth-order valence-electron chi connectivity index (χ4n) is 2.45. The van der Waals surface area contributed by atoms with Crippen molar-refractivity contribution in [3.8, 4) is 5.75 Å². The highest BCUT2D eigenvalue weighted by molar-refractivity contribution is 9.10. The smallest absolute Gasteiger partial charge is 0.406 e. The van der Waals surface area contributed by atoms with Gasteiger partial charge in [-0.1, -0.05) is 24.3 Å². The first-order valence-corrected chi connectivity index (χ1v) is 7.11. The Hall–Kier alpha value is -1.69. The van der Waals surface area contributed by atoms with E-state index in [4.69, 9.17) is 0 Å². The Bertz CT molecular complexity index is 655. The van der Waals surface area contributed by atoms with E-state index < -0.39 is 6.36 Å². The van der Waals surface area contributed by atoms with Gasteiger partial charge in [0.2, 0.25) is 0 Å². The summed E-state index contributed by atoms with van der Waals surface area (Å²) in [4.78, 5) is 0. The number of anilines is 1. The van der Waals surface area contributed by atoms with Crippen molar-refractivity contribution in [2.75, 3.05) is 5.32 Å². The molecule has 0 fully saturated rings. The summed E-state index contributed by atoms with van der Waals surface area (Å²) < 4.78 is 41.2. The van der Waals surface area contributed by atoms with Crippen molar-refractivity contribution in [3.05, 3.63) is 58.1 Å². The maximum absolute atomic E-state index is 12.1. The Morgan fingerprint density at radius 3 is 2.43 bits per heavy atom. The van der Waals surface area contributed by atoms with Gasteiger partial charge in [-0.15, -0.1) is 13.2 Å². The first-order chi connectivity index (χ1) is 9.92. The number of hydrogen-bond donors (Lipinski definition) is 1. The van der Waals surface area contributed by atoms with Gasteiger partial charge in [0.1, 0.15) is 5.75 Å². The van der Waals surface area contributed by atoms with Crippen LogP contribution >= 0.6 is 15.9 Å². The van der Waals surface area contributed by atoms with Crippen molar-refractivity contribution in [3.63, 3.8) is 0 Å². The largest absolute Gasteiger partial charge is 0.573 e. The lowest BCUT2D eigenvalue weighted by Gasteiger charge is -2.14. The molecule has 1 atom stereocenters. The highest BCUT2D eigenvalue weighted by Gasteiger charge is 2.31. The zero-order valence-electron chi connectivity index (χ0n) is 10.7. The van der Waals surface area contributed by atoms with Crippen molar-refractivity contribution in [2.24, 2.45) is 0 Å². The Morgan fingerprint density at radius 2 is 1.81 bits per heavy atom. The lowest BCUT2D eigenvalue weighted by Crippen LogP contribution is -2.17. The first-order valence-electron chi connectivity index (χ1n) is 6.32. The monoisotopic (exact) mass is 357 g/mol. The quantitative estimate of drug-likeness (QED) is 0.811. The van der Waals surface area contributed by atoms with Gasteiger partial charge in [-0.25, -0.2) is 0 Å². The summed E-state index contributed by atoms with van der Waals surface area (Å²) in [6.07, 6.45) is -3.86. The van der Waals surface area contributed by atoms with Crippen molar-refractivity contribution in [2.45, 2.75) is 18.8 Å². The van der Waals surface area contributed by atoms with E-state index >= 15 is 0 Å². The maximum atomic E-state index is 12.1. The molecule has 1 aliphatic rings. The number of halogens is 4. The van der Waals surface area contributed by atoms with Gasteiger partial charge < -0.3 is 10.1 Å². The molecule has 2 aromatic carbocycles. The van der Waals surface area contributed by atoms with Gasteiger partial charge >= 0.3 is 6.36 Å². The summed E-state index contributed by atoms with van der Waals surface area (Å²) in [7, 11) is 0. The second kappa shape index (κ2) is 5.26. The zero-order valence-corrected chi connectivity index (χ0v) is 12.3. The summed E-state index contributed by atoms with van der Waals surface area (Å²) in [5.74, 6) is -0.206. The van der Waals surface area contributed by atoms with Crippen LogP contribution in [0.2, 0.25) is 0 Å². The highest BCUT2D eigenvalue weighted by atomic mass is 79.9. The number of rotatable bonds is 2. The molecule has 21 heavy (non-hydrogen) atoms. The molecule has 0 amide bonds. The number of benzene rings is 2. The van der Waals surface area contributed by atoms with Crippen LogP contribution in [-0.4, -0.2) is 6.36 Å². The van der Waals surface area contributed by atoms with Crippen molar-refractivity contribution in [1.82, 2.24) is 0 Å². The Labute approximate surface area is 128 Å². The fourth-order valence-corrected chi connectivity index (χ4v) is 2.97. The standard InChI is InChI=1S/C15H11BrF3NO/c16-12-3-1-2-10-8-13(20-14(10)12)9-4-6-11(7-5-9)21-15(17,18)19/h1-7,13,20H,8H2. The predicted molar refractivity (Wildman–Crippen MR) is 77.3 cm³/mol. The minimum atomic E-state index is -4.66. The molecule has 0 saturated carbocycles. The van der Waals surface area contributed by atoms with Crippen LogP contribution in [0.4, 0.5) is 18.9 Å². The van der Waals surface area contributed by atoms with Gasteiger partial charge in [0.15, 0.2) is 0 Å². The number of alkyl halides is 3. The minimum absolute atomic E-state index is 0.0543. The number of nitrogens with one attached hydrogen (secondary N) is 1. The highest BCUT2D eigenvalue weighted by Crippen LogP contribution is 2.39. The van der Waals surface area contributed by atoms with Crippen LogP contribution in [0, 0.1) is 0 Å². The molecule has 6 heteroatoms. The van der Waals surface area contributed by atoms with Crippen LogP contribution in [0.25, 0.3) is 0 Å². The van der Waals surface area contributed by atoms with Gasteiger partial charge in [-0.2, -0.15) is 0 Å². The van der Waals surface area contributed by atoms with Gasteiger partial charge in [0, 0.05) is 4.47 Å². The van der Waals surface area contributed by atoms with E-state index in [1.54, 1.807) is 12.1 Å². The molecule has 1 unspecified atom stereocenters. The first kappa shape index (κ1) is 14.3. The number of para-hydroxylation sites is 1. The third-order valence-corrected chi connectivity index (χ3v) is 4.02. The third-order valence-electron chi connectivity index (χ3n) is 3.36. The number of ether oxygens (including phenoxy) is 1. The van der Waals surface area contributed by atoms with E-state index in [0.717, 1.165) is 22.1 Å². The molecule has 0 radical (unpaired) electrons. The predicted octanol–water partition coefficient (Wildman–Crippen LogP) is 5.06. The maximum Gasteiger partial charge on any atom is 0.573 e. The third kappa shape index (κ3) is 3.15. The summed E-state index contributed by atoms with van der Waals surface area (Å²) in [5, 5.41) is 3.38. The van der Waals surface area contributed by atoms with E-state index in [2.05, 4.69) is 26.0 Å². The molecule has 0 bridgehead atoms. The Balaban J connectivity index is 1.76. The lowest BCUT2D eigenvalue weighted by atomic mass is 10.0. The molecule has 0 saturated heterocycles. The molecule has 0 aliphatic carbocycles. The minimum Gasteiger partial charge on any atom is -0.406 e. The van der Waals surface area contributed by atoms with Crippen LogP contribution in [0.3, 0.4) is 0 Å². The van der Waals surface area contributed by atoms with E-state index in [1.807, 2.05) is 18.2 Å². The zero-order chi connectivity index (χ0) is 15.0. The number of hydrogen-bond acceptors (Lipinski definition) is 2. The van der Waals surface area contributed by atoms with Crippen molar-refractivity contribution >= 4 is 21.6 Å².